The van der Waals surface area contributed by atoms with Gasteiger partial charge < -0.3 is 5.73 Å². The minimum Gasteiger partial charge on any atom is -0.320 e. The van der Waals surface area contributed by atoms with Crippen LogP contribution in [-0.2, 0) is 0 Å². The molecule has 0 saturated carbocycles. The van der Waals surface area contributed by atoms with Crippen molar-refractivity contribution in [3.05, 3.63) is 34.9 Å². The second kappa shape index (κ2) is 4.84. The number of Topliss-reactive ketones (excluding diaryl/α,β-unsaturated/α-hetero) is 1. The Kier molecular flexibility index (Phi) is 3.93. The first-order chi connectivity index (χ1) is 7.30. The number of hydrogen-bond acceptors (Lipinski definition) is 2. The van der Waals surface area contributed by atoms with Crippen LogP contribution in [0.2, 0.25) is 5.02 Å². The minimum atomic E-state index is -4.55. The van der Waals surface area contributed by atoms with Crippen molar-refractivity contribution in [2.45, 2.75) is 18.6 Å². The van der Waals surface area contributed by atoms with E-state index in [0.717, 1.165) is 0 Å². The lowest BCUT2D eigenvalue weighted by Crippen LogP contribution is -2.39. The highest BCUT2D eigenvalue weighted by Gasteiger charge is 2.37. The third kappa shape index (κ3) is 3.50. The van der Waals surface area contributed by atoms with Gasteiger partial charge in [0, 0.05) is 17.0 Å². The Labute approximate surface area is 95.2 Å². The van der Waals surface area contributed by atoms with E-state index >= 15 is 0 Å². The van der Waals surface area contributed by atoms with Crippen molar-refractivity contribution < 1.29 is 18.0 Å². The van der Waals surface area contributed by atoms with E-state index in [9.17, 15) is 18.0 Å². The molecule has 0 heterocycles. The van der Waals surface area contributed by atoms with Gasteiger partial charge in [-0.1, -0.05) is 11.6 Å². The molecule has 0 aromatic heterocycles. The summed E-state index contributed by atoms with van der Waals surface area (Å²) in [5, 5.41) is 0.414. The average Bonchev–Trinajstić information content (AvgIpc) is 2.17. The second-order valence-corrected chi connectivity index (χ2v) is 3.72. The Balaban J connectivity index is 2.70. The number of carbonyl (C=O) groups is 1. The summed E-state index contributed by atoms with van der Waals surface area (Å²) >= 11 is 5.58. The van der Waals surface area contributed by atoms with Crippen molar-refractivity contribution in [1.82, 2.24) is 0 Å². The largest absolute Gasteiger partial charge is 0.404 e. The molecule has 16 heavy (non-hydrogen) atoms. The fourth-order valence-electron chi connectivity index (χ4n) is 1.07. The molecule has 2 N–H and O–H groups in total. The lowest BCUT2D eigenvalue weighted by molar-refractivity contribution is -0.146. The molecule has 1 rings (SSSR count). The molecule has 0 radical (unpaired) electrons. The SMILES string of the molecule is NC(CC(=O)c1ccc(Cl)cc1)C(F)(F)F. The summed E-state index contributed by atoms with van der Waals surface area (Å²) in [5.74, 6) is -0.651. The maximum atomic E-state index is 12.1. The molecule has 0 aliphatic heterocycles. The molecule has 0 saturated heterocycles. The maximum absolute atomic E-state index is 12.1. The van der Waals surface area contributed by atoms with Crippen LogP contribution in [-0.4, -0.2) is 18.0 Å². The zero-order valence-corrected chi connectivity index (χ0v) is 8.85. The number of nitrogens with two attached hydrogens (primary N) is 1. The van der Waals surface area contributed by atoms with Crippen LogP contribution < -0.4 is 5.73 Å². The summed E-state index contributed by atoms with van der Waals surface area (Å²) < 4.78 is 36.3. The van der Waals surface area contributed by atoms with Gasteiger partial charge in [-0.15, -0.1) is 0 Å². The van der Waals surface area contributed by atoms with E-state index < -0.39 is 24.4 Å². The normalized spacial score (nSPS) is 13.6. The van der Waals surface area contributed by atoms with Crippen LogP contribution in [0.25, 0.3) is 0 Å². The quantitative estimate of drug-likeness (QED) is 0.840. The van der Waals surface area contributed by atoms with Gasteiger partial charge in [0.15, 0.2) is 5.78 Å². The van der Waals surface area contributed by atoms with Gasteiger partial charge in [0.25, 0.3) is 0 Å². The van der Waals surface area contributed by atoms with E-state index in [1.165, 1.54) is 24.3 Å². The van der Waals surface area contributed by atoms with Crippen molar-refractivity contribution >= 4 is 17.4 Å². The average molecular weight is 252 g/mol. The summed E-state index contributed by atoms with van der Waals surface area (Å²) in [5.41, 5.74) is 5.02. The topological polar surface area (TPSA) is 43.1 Å². The predicted molar refractivity (Wildman–Crippen MR) is 54.4 cm³/mol. The number of halogens is 4. The lowest BCUT2D eigenvalue weighted by atomic mass is 10.0. The van der Waals surface area contributed by atoms with Gasteiger partial charge in [0.2, 0.25) is 0 Å². The highest BCUT2D eigenvalue weighted by Crippen LogP contribution is 2.22. The van der Waals surface area contributed by atoms with E-state index in [2.05, 4.69) is 0 Å². The van der Waals surface area contributed by atoms with Crippen LogP contribution in [0.3, 0.4) is 0 Å². The fourth-order valence-corrected chi connectivity index (χ4v) is 1.20. The number of ketones is 1. The molecule has 1 aromatic rings. The van der Waals surface area contributed by atoms with E-state index in [1.54, 1.807) is 0 Å². The minimum absolute atomic E-state index is 0.170. The molecular weight excluding hydrogens is 243 g/mol. The third-order valence-corrected chi connectivity index (χ3v) is 2.24. The smallest absolute Gasteiger partial charge is 0.320 e. The Morgan fingerprint density at radius 2 is 1.81 bits per heavy atom. The summed E-state index contributed by atoms with van der Waals surface area (Å²) in [6, 6.07) is 3.49. The molecule has 2 nitrogen and oxygen atoms in total. The molecule has 1 aromatic carbocycles. The molecule has 0 bridgehead atoms. The Hall–Kier alpha value is -1.07. The molecule has 0 spiro atoms. The van der Waals surface area contributed by atoms with Gasteiger partial charge in [-0.3, -0.25) is 4.79 Å². The molecule has 0 amide bonds. The van der Waals surface area contributed by atoms with Crippen LogP contribution in [0.15, 0.2) is 24.3 Å². The van der Waals surface area contributed by atoms with E-state index in [0.29, 0.717) is 5.02 Å². The maximum Gasteiger partial charge on any atom is 0.404 e. The molecule has 0 aliphatic rings. The second-order valence-electron chi connectivity index (χ2n) is 3.28. The van der Waals surface area contributed by atoms with Crippen LogP contribution >= 0.6 is 11.6 Å². The van der Waals surface area contributed by atoms with Crippen LogP contribution in [0.1, 0.15) is 16.8 Å². The highest BCUT2D eigenvalue weighted by atomic mass is 35.5. The van der Waals surface area contributed by atoms with Crippen molar-refractivity contribution in [3.8, 4) is 0 Å². The van der Waals surface area contributed by atoms with Crippen molar-refractivity contribution in [1.29, 1.82) is 0 Å². The summed E-state index contributed by atoms with van der Waals surface area (Å²) in [4.78, 5) is 11.4. The number of benzene rings is 1. The molecule has 0 aliphatic carbocycles. The van der Waals surface area contributed by atoms with Gasteiger partial charge in [0.1, 0.15) is 6.04 Å². The van der Waals surface area contributed by atoms with Crippen LogP contribution in [0.5, 0.6) is 0 Å². The first kappa shape index (κ1) is 13.0. The number of alkyl halides is 3. The molecular formula is C10H9ClF3NO. The summed E-state index contributed by atoms with van der Waals surface area (Å²) in [7, 11) is 0. The standard InChI is InChI=1S/C10H9ClF3NO/c11-7-3-1-6(2-4-7)8(16)5-9(15)10(12,13)14/h1-4,9H,5,15H2. The van der Waals surface area contributed by atoms with Gasteiger partial charge in [-0.2, -0.15) is 13.2 Å². The Morgan fingerprint density at radius 3 is 2.25 bits per heavy atom. The van der Waals surface area contributed by atoms with E-state index in [-0.39, 0.29) is 5.56 Å². The third-order valence-electron chi connectivity index (χ3n) is 1.99. The monoisotopic (exact) mass is 251 g/mol. The van der Waals surface area contributed by atoms with Gasteiger partial charge >= 0.3 is 6.18 Å². The first-order valence-electron chi connectivity index (χ1n) is 4.42. The molecule has 88 valence electrons. The van der Waals surface area contributed by atoms with E-state index in [4.69, 9.17) is 17.3 Å². The van der Waals surface area contributed by atoms with E-state index in [1.807, 2.05) is 0 Å². The summed E-state index contributed by atoms with van der Waals surface area (Å²) in [6.45, 7) is 0. The Morgan fingerprint density at radius 1 is 1.31 bits per heavy atom. The van der Waals surface area contributed by atoms with Crippen molar-refractivity contribution in [3.63, 3.8) is 0 Å². The Bertz CT molecular complexity index is 375. The van der Waals surface area contributed by atoms with Crippen LogP contribution in [0, 0.1) is 0 Å². The van der Waals surface area contributed by atoms with Crippen LogP contribution in [0.4, 0.5) is 13.2 Å². The molecule has 1 atom stereocenters. The highest BCUT2D eigenvalue weighted by molar-refractivity contribution is 6.30. The molecule has 0 fully saturated rings. The van der Waals surface area contributed by atoms with Gasteiger partial charge in [-0.25, -0.2) is 0 Å². The lowest BCUT2D eigenvalue weighted by Gasteiger charge is -2.14. The van der Waals surface area contributed by atoms with Gasteiger partial charge in [-0.05, 0) is 24.3 Å². The van der Waals surface area contributed by atoms with Crippen molar-refractivity contribution in [2.75, 3.05) is 0 Å². The summed E-state index contributed by atoms with van der Waals surface area (Å²) in [6.07, 6.45) is -5.31. The first-order valence-corrected chi connectivity index (χ1v) is 4.79. The van der Waals surface area contributed by atoms with Gasteiger partial charge in [0.05, 0.1) is 0 Å². The molecule has 6 heteroatoms. The van der Waals surface area contributed by atoms with Crippen molar-refractivity contribution in [2.24, 2.45) is 5.73 Å². The predicted octanol–water partition coefficient (Wildman–Crippen LogP) is 2.80. The number of carbonyl (C=O) groups excluding carboxylic acids is 1. The zero-order valence-electron chi connectivity index (χ0n) is 8.09. The number of rotatable bonds is 3. The number of hydrogen-bond donors (Lipinski definition) is 1. The molecule has 1 unspecified atom stereocenters. The zero-order chi connectivity index (χ0) is 12.3. The fraction of sp³-hybridized carbons (Fsp3) is 0.300.